The predicted octanol–water partition coefficient (Wildman–Crippen LogP) is 18.4. The van der Waals surface area contributed by atoms with Crippen molar-refractivity contribution in [3.63, 3.8) is 0 Å². The third-order valence-electron chi connectivity index (χ3n) is 15.4. The van der Waals surface area contributed by atoms with Gasteiger partial charge in [0, 0.05) is 67.8 Å². The third kappa shape index (κ3) is 6.53. The topological polar surface area (TPSA) is 42.6 Å². The van der Waals surface area contributed by atoms with Crippen molar-refractivity contribution in [3.05, 3.63) is 302 Å². The second kappa shape index (κ2) is 17.0. The maximum atomic E-state index is 5.98. The molecule has 0 atom stereocenters. The normalized spacial score (nSPS) is 12.6. The Labute approximate surface area is 433 Å². The number of aromatic nitrogens is 2. The number of hydrogen-bond donors (Lipinski definition) is 0. The lowest BCUT2D eigenvalue weighted by Crippen LogP contribution is -2.28. The van der Waals surface area contributed by atoms with Gasteiger partial charge in [-0.25, -0.2) is 0 Å². The highest BCUT2D eigenvalue weighted by atomic mass is 16.3. The van der Waals surface area contributed by atoms with Gasteiger partial charge in [-0.1, -0.05) is 146 Å². The molecule has 0 unspecified atom stereocenters. The summed E-state index contributed by atoms with van der Waals surface area (Å²) in [6.07, 6.45) is 3.47. The minimum atomic E-state index is -0.613. The first-order chi connectivity index (χ1) is 37.2. The van der Waals surface area contributed by atoms with Gasteiger partial charge in [-0.05, 0) is 143 Å². The SMILES string of the molecule is c1ccc(N(c2ccc(C3(c4ccc(N(c5ccccc5)c5ccc6c(c5)c5ccccc5n6-c5ccco5)cc4)c4ccccc4-c4ccccc43)cc2)c2ccc3c(c2)c2ccccc2n3-c2ccco2)cc1. The zero-order chi connectivity index (χ0) is 49.5. The van der Waals surface area contributed by atoms with Gasteiger partial charge in [0.25, 0.3) is 0 Å². The van der Waals surface area contributed by atoms with Gasteiger partial charge in [0.1, 0.15) is 0 Å². The largest absolute Gasteiger partial charge is 0.448 e. The van der Waals surface area contributed by atoms with Gasteiger partial charge in [0.2, 0.25) is 11.8 Å². The Morgan fingerprint density at radius 2 is 0.640 bits per heavy atom. The van der Waals surface area contributed by atoms with Crippen molar-refractivity contribution < 1.29 is 8.83 Å². The van der Waals surface area contributed by atoms with E-state index in [1.54, 1.807) is 12.5 Å². The number of hydrogen-bond acceptors (Lipinski definition) is 4. The van der Waals surface area contributed by atoms with E-state index < -0.39 is 5.41 Å². The summed E-state index contributed by atoms with van der Waals surface area (Å²) in [6.45, 7) is 0. The molecular weight excluding hydrogens is 917 g/mol. The highest BCUT2D eigenvalue weighted by Gasteiger charge is 2.46. The predicted molar refractivity (Wildman–Crippen MR) is 306 cm³/mol. The fourth-order valence-corrected chi connectivity index (χ4v) is 12.3. The summed E-state index contributed by atoms with van der Waals surface area (Å²) in [5.41, 5.74) is 17.6. The van der Waals surface area contributed by atoms with Crippen LogP contribution < -0.4 is 9.80 Å². The van der Waals surface area contributed by atoms with Gasteiger partial charge in [-0.15, -0.1) is 0 Å². The van der Waals surface area contributed by atoms with Crippen LogP contribution in [0.3, 0.4) is 0 Å². The number of benzene rings is 10. The lowest BCUT2D eigenvalue weighted by atomic mass is 9.67. The van der Waals surface area contributed by atoms with Crippen molar-refractivity contribution in [1.29, 1.82) is 0 Å². The van der Waals surface area contributed by atoms with Crippen molar-refractivity contribution in [2.75, 3.05) is 9.80 Å². The second-order valence-corrected chi connectivity index (χ2v) is 19.3. The van der Waals surface area contributed by atoms with Gasteiger partial charge < -0.3 is 18.6 Å². The first-order valence-electron chi connectivity index (χ1n) is 25.5. The molecule has 0 N–H and O–H groups in total. The van der Waals surface area contributed by atoms with Crippen molar-refractivity contribution in [2.24, 2.45) is 0 Å². The standard InChI is InChI=1S/C69H46N4O2/c1-3-17-49(18-4-1)70(53-39-41-65-59(45-53)57-23-9-13-27-63(57)72(65)67-29-15-43-74-67)51-35-31-47(32-36-51)69(61-25-11-7-21-55(61)56-22-8-12-26-62(56)69)48-33-37-52(38-34-48)71(50-19-5-2-6-20-50)54-40-42-66-60(46-54)58-24-10-14-28-64(58)73(66)68-30-16-44-75-68/h1-46H. The van der Waals surface area contributed by atoms with Crippen LogP contribution in [-0.2, 0) is 5.41 Å². The van der Waals surface area contributed by atoms with Crippen LogP contribution in [0.5, 0.6) is 0 Å². The van der Waals surface area contributed by atoms with Crippen LogP contribution in [0.15, 0.2) is 288 Å². The molecule has 4 aromatic heterocycles. The molecule has 6 nitrogen and oxygen atoms in total. The molecule has 15 rings (SSSR count). The third-order valence-corrected chi connectivity index (χ3v) is 15.4. The molecule has 1 aliphatic rings. The van der Waals surface area contributed by atoms with Crippen molar-refractivity contribution in [3.8, 4) is 22.9 Å². The number of furan rings is 2. The maximum Gasteiger partial charge on any atom is 0.204 e. The highest BCUT2D eigenvalue weighted by Crippen LogP contribution is 2.57. The summed E-state index contributed by atoms with van der Waals surface area (Å²) in [5, 5.41) is 4.65. The smallest absolute Gasteiger partial charge is 0.204 e. The quantitative estimate of drug-likeness (QED) is 0.137. The molecule has 10 aromatic carbocycles. The van der Waals surface area contributed by atoms with Crippen LogP contribution in [0.1, 0.15) is 22.3 Å². The monoisotopic (exact) mass is 962 g/mol. The van der Waals surface area contributed by atoms with E-state index in [-0.39, 0.29) is 0 Å². The van der Waals surface area contributed by atoms with E-state index in [0.717, 1.165) is 78.7 Å². The Bertz CT molecular complexity index is 4110. The summed E-state index contributed by atoms with van der Waals surface area (Å²) in [5.74, 6) is 1.58. The molecule has 6 heteroatoms. The van der Waals surface area contributed by atoms with Crippen LogP contribution in [0, 0.1) is 0 Å². The van der Waals surface area contributed by atoms with Gasteiger partial charge in [0.05, 0.1) is 40.0 Å². The summed E-state index contributed by atoms with van der Waals surface area (Å²) < 4.78 is 16.4. The number of rotatable bonds is 10. The fourth-order valence-electron chi connectivity index (χ4n) is 12.3. The van der Waals surface area contributed by atoms with Crippen molar-refractivity contribution >= 4 is 77.7 Å². The lowest BCUT2D eigenvalue weighted by Gasteiger charge is -2.35. The van der Waals surface area contributed by atoms with E-state index >= 15 is 0 Å². The van der Waals surface area contributed by atoms with Crippen LogP contribution in [-0.4, -0.2) is 9.13 Å². The lowest BCUT2D eigenvalue weighted by molar-refractivity contribution is 0.546. The van der Waals surface area contributed by atoms with Gasteiger partial charge in [0.15, 0.2) is 0 Å². The molecule has 0 spiro atoms. The van der Waals surface area contributed by atoms with Crippen LogP contribution in [0.2, 0.25) is 0 Å². The van der Waals surface area contributed by atoms with E-state index in [1.165, 1.54) is 44.2 Å². The summed E-state index contributed by atoms with van der Waals surface area (Å²) in [4.78, 5) is 4.73. The zero-order valence-electron chi connectivity index (χ0n) is 40.7. The average Bonchev–Trinajstić information content (AvgIpc) is 4.44. The number of fused-ring (bicyclic) bond motifs is 9. The summed E-state index contributed by atoms with van der Waals surface area (Å²) >= 11 is 0. The number of nitrogens with zero attached hydrogens (tertiary/aromatic N) is 4. The van der Waals surface area contributed by atoms with Crippen molar-refractivity contribution in [2.45, 2.75) is 5.41 Å². The first kappa shape index (κ1) is 42.6. The minimum absolute atomic E-state index is 0.613. The van der Waals surface area contributed by atoms with E-state index in [2.05, 4.69) is 262 Å². The van der Waals surface area contributed by atoms with E-state index in [0.29, 0.717) is 0 Å². The molecule has 0 saturated carbocycles. The fraction of sp³-hybridized carbons (Fsp3) is 0.0145. The minimum Gasteiger partial charge on any atom is -0.448 e. The highest BCUT2D eigenvalue weighted by molar-refractivity contribution is 6.12. The maximum absolute atomic E-state index is 5.98. The molecular formula is C69H46N4O2. The van der Waals surface area contributed by atoms with Gasteiger partial charge in [-0.3, -0.25) is 9.13 Å². The number of anilines is 6. The molecule has 14 aromatic rings. The molecule has 4 heterocycles. The van der Waals surface area contributed by atoms with E-state index in [4.69, 9.17) is 8.83 Å². The molecule has 354 valence electrons. The second-order valence-electron chi connectivity index (χ2n) is 19.3. The van der Waals surface area contributed by atoms with Crippen LogP contribution in [0.4, 0.5) is 34.1 Å². The van der Waals surface area contributed by atoms with Crippen molar-refractivity contribution in [1.82, 2.24) is 9.13 Å². The Balaban J connectivity index is 0.876. The summed E-state index contributed by atoms with van der Waals surface area (Å²) in [7, 11) is 0. The Kier molecular flexibility index (Phi) is 9.69. The average molecular weight is 963 g/mol. The molecule has 0 fully saturated rings. The zero-order valence-corrected chi connectivity index (χ0v) is 40.7. The van der Waals surface area contributed by atoms with E-state index in [1.807, 2.05) is 24.3 Å². The molecule has 1 aliphatic carbocycles. The van der Waals surface area contributed by atoms with Gasteiger partial charge >= 0.3 is 0 Å². The Morgan fingerprint density at radius 1 is 0.280 bits per heavy atom. The van der Waals surface area contributed by atoms with Gasteiger partial charge in [-0.2, -0.15) is 0 Å². The summed E-state index contributed by atoms with van der Waals surface area (Å²) in [6, 6.07) is 96.5. The van der Waals surface area contributed by atoms with Crippen LogP contribution >= 0.6 is 0 Å². The molecule has 0 aliphatic heterocycles. The number of para-hydroxylation sites is 4. The molecule has 0 amide bonds. The Morgan fingerprint density at radius 3 is 1.07 bits per heavy atom. The molecule has 0 saturated heterocycles. The molecule has 0 bridgehead atoms. The Hall–Kier alpha value is -10.0. The van der Waals surface area contributed by atoms with E-state index in [9.17, 15) is 0 Å². The molecule has 0 radical (unpaired) electrons. The van der Waals surface area contributed by atoms with Crippen LogP contribution in [0.25, 0.3) is 66.5 Å². The first-order valence-corrected chi connectivity index (χ1v) is 25.5. The molecule has 75 heavy (non-hydrogen) atoms.